The number of esters is 1. The van der Waals surface area contributed by atoms with Crippen molar-refractivity contribution in [2.24, 2.45) is 0 Å². The highest BCUT2D eigenvalue weighted by atomic mass is 32.2. The number of carbonyl (C=O) groups is 1. The zero-order chi connectivity index (χ0) is 12.2. The van der Waals surface area contributed by atoms with Crippen molar-refractivity contribution in [1.29, 1.82) is 0 Å². The number of ether oxygens (including phenoxy) is 1. The summed E-state index contributed by atoms with van der Waals surface area (Å²) in [6.45, 7) is 12.7. The standard InChI is InChI=1S/C13H20O2S/c1-9-6-13(15-10(9)14)7-11(2,3)16-12(4,5)8-13/h1,6-8H2,2-5H3. The Morgan fingerprint density at radius 3 is 2.06 bits per heavy atom. The Morgan fingerprint density at radius 2 is 1.69 bits per heavy atom. The average Bonchev–Trinajstić information content (AvgIpc) is 2.17. The number of hydrogen-bond acceptors (Lipinski definition) is 3. The van der Waals surface area contributed by atoms with Crippen molar-refractivity contribution in [3.8, 4) is 0 Å². The molecule has 0 radical (unpaired) electrons. The van der Waals surface area contributed by atoms with Gasteiger partial charge in [-0.1, -0.05) is 34.3 Å². The van der Waals surface area contributed by atoms with E-state index in [0.29, 0.717) is 12.0 Å². The zero-order valence-corrected chi connectivity index (χ0v) is 11.4. The molecular formula is C13H20O2S. The summed E-state index contributed by atoms with van der Waals surface area (Å²) in [7, 11) is 0. The maximum Gasteiger partial charge on any atom is 0.334 e. The lowest BCUT2D eigenvalue weighted by Crippen LogP contribution is -2.48. The second-order valence-electron chi connectivity index (χ2n) is 6.33. The van der Waals surface area contributed by atoms with Gasteiger partial charge in [-0.05, 0) is 0 Å². The monoisotopic (exact) mass is 240 g/mol. The van der Waals surface area contributed by atoms with E-state index < -0.39 is 0 Å². The molecule has 0 aromatic rings. The number of thioether (sulfide) groups is 1. The highest BCUT2D eigenvalue weighted by molar-refractivity contribution is 8.02. The minimum absolute atomic E-state index is 0.159. The van der Waals surface area contributed by atoms with Gasteiger partial charge in [-0.2, -0.15) is 0 Å². The highest BCUT2D eigenvalue weighted by Crippen LogP contribution is 2.55. The van der Waals surface area contributed by atoms with Gasteiger partial charge < -0.3 is 4.74 Å². The van der Waals surface area contributed by atoms with Gasteiger partial charge in [0.15, 0.2) is 0 Å². The van der Waals surface area contributed by atoms with Gasteiger partial charge in [-0.15, -0.1) is 11.8 Å². The Balaban J connectivity index is 2.29. The molecule has 2 aliphatic heterocycles. The van der Waals surface area contributed by atoms with E-state index in [9.17, 15) is 4.79 Å². The molecule has 0 amide bonds. The molecule has 0 aliphatic carbocycles. The smallest absolute Gasteiger partial charge is 0.334 e. The summed E-state index contributed by atoms with van der Waals surface area (Å²) < 4.78 is 5.94. The summed E-state index contributed by atoms with van der Waals surface area (Å²) in [6.07, 6.45) is 2.57. The lowest BCUT2D eigenvalue weighted by molar-refractivity contribution is -0.148. The van der Waals surface area contributed by atoms with Crippen LogP contribution in [-0.4, -0.2) is 21.1 Å². The average molecular weight is 240 g/mol. The Labute approximate surface area is 102 Å². The van der Waals surface area contributed by atoms with E-state index in [1.807, 2.05) is 11.8 Å². The maximum atomic E-state index is 11.5. The van der Waals surface area contributed by atoms with Gasteiger partial charge in [-0.25, -0.2) is 4.79 Å². The SMILES string of the molecule is C=C1CC2(CC(C)(C)SC(C)(C)C2)OC1=O. The fraction of sp³-hybridized carbons (Fsp3) is 0.769. The first-order valence-corrected chi connectivity index (χ1v) is 6.56. The van der Waals surface area contributed by atoms with Crippen molar-refractivity contribution >= 4 is 17.7 Å². The lowest BCUT2D eigenvalue weighted by atomic mass is 9.80. The van der Waals surface area contributed by atoms with Crippen LogP contribution in [0.25, 0.3) is 0 Å². The van der Waals surface area contributed by atoms with Crippen LogP contribution in [0.15, 0.2) is 12.2 Å². The third-order valence-corrected chi connectivity index (χ3v) is 4.58. The van der Waals surface area contributed by atoms with Crippen LogP contribution in [0.2, 0.25) is 0 Å². The molecule has 2 fully saturated rings. The van der Waals surface area contributed by atoms with E-state index in [1.165, 1.54) is 0 Å². The fourth-order valence-electron chi connectivity index (χ4n) is 3.40. The first-order valence-electron chi connectivity index (χ1n) is 5.75. The largest absolute Gasteiger partial charge is 0.455 e. The summed E-state index contributed by atoms with van der Waals surface area (Å²) in [6, 6.07) is 0. The molecule has 0 aromatic carbocycles. The normalized spacial score (nSPS) is 30.5. The second kappa shape index (κ2) is 3.28. The van der Waals surface area contributed by atoms with Gasteiger partial charge in [0.1, 0.15) is 5.60 Å². The molecule has 0 unspecified atom stereocenters. The highest BCUT2D eigenvalue weighted by Gasteiger charge is 2.53. The van der Waals surface area contributed by atoms with Crippen molar-refractivity contribution in [3.05, 3.63) is 12.2 Å². The third-order valence-electron chi connectivity index (χ3n) is 3.18. The Hall–Kier alpha value is -0.440. The predicted octanol–water partition coefficient (Wildman–Crippen LogP) is 3.31. The quantitative estimate of drug-likeness (QED) is 0.480. The minimum Gasteiger partial charge on any atom is -0.455 e. The van der Waals surface area contributed by atoms with Gasteiger partial charge >= 0.3 is 5.97 Å². The molecule has 2 heterocycles. The maximum absolute atomic E-state index is 11.5. The van der Waals surface area contributed by atoms with Crippen molar-refractivity contribution in [3.63, 3.8) is 0 Å². The molecule has 2 aliphatic rings. The Kier molecular flexibility index (Phi) is 2.47. The summed E-state index contributed by atoms with van der Waals surface area (Å²) in [5.74, 6) is -0.196. The molecule has 3 heteroatoms. The van der Waals surface area contributed by atoms with Gasteiger partial charge in [0, 0.05) is 34.3 Å². The van der Waals surface area contributed by atoms with E-state index in [1.54, 1.807) is 0 Å². The summed E-state index contributed by atoms with van der Waals surface area (Å²) in [5.41, 5.74) is 0.352. The number of carbonyl (C=O) groups excluding carboxylic acids is 1. The van der Waals surface area contributed by atoms with Crippen LogP contribution in [0.4, 0.5) is 0 Å². The van der Waals surface area contributed by atoms with Crippen LogP contribution in [0.1, 0.15) is 47.0 Å². The van der Waals surface area contributed by atoms with Gasteiger partial charge in [0.05, 0.1) is 0 Å². The number of hydrogen-bond donors (Lipinski definition) is 0. The molecule has 16 heavy (non-hydrogen) atoms. The number of rotatable bonds is 0. The van der Waals surface area contributed by atoms with Crippen LogP contribution >= 0.6 is 11.8 Å². The molecule has 0 atom stereocenters. The van der Waals surface area contributed by atoms with Crippen molar-refractivity contribution in [2.45, 2.75) is 62.1 Å². The molecule has 0 aromatic heterocycles. The fourth-order valence-corrected chi connectivity index (χ4v) is 5.56. The van der Waals surface area contributed by atoms with Crippen LogP contribution in [0.3, 0.4) is 0 Å². The summed E-state index contributed by atoms with van der Waals surface area (Å²) >= 11 is 1.99. The zero-order valence-electron chi connectivity index (χ0n) is 10.6. The van der Waals surface area contributed by atoms with E-state index in [2.05, 4.69) is 34.3 Å². The molecule has 2 nitrogen and oxygen atoms in total. The predicted molar refractivity (Wildman–Crippen MR) is 67.6 cm³/mol. The Bertz CT molecular complexity index is 321. The molecular weight excluding hydrogens is 220 g/mol. The molecule has 2 rings (SSSR count). The van der Waals surface area contributed by atoms with Gasteiger partial charge in [0.25, 0.3) is 0 Å². The van der Waals surface area contributed by atoms with E-state index in [4.69, 9.17) is 4.74 Å². The molecule has 0 saturated carbocycles. The van der Waals surface area contributed by atoms with E-state index >= 15 is 0 Å². The van der Waals surface area contributed by atoms with Crippen molar-refractivity contribution < 1.29 is 9.53 Å². The molecule has 90 valence electrons. The minimum atomic E-state index is -0.285. The van der Waals surface area contributed by atoms with Crippen LogP contribution < -0.4 is 0 Å². The van der Waals surface area contributed by atoms with Gasteiger partial charge in [0.2, 0.25) is 0 Å². The summed E-state index contributed by atoms with van der Waals surface area (Å²) in [4.78, 5) is 11.5. The third kappa shape index (κ3) is 2.15. The van der Waals surface area contributed by atoms with Crippen molar-refractivity contribution in [2.75, 3.05) is 0 Å². The van der Waals surface area contributed by atoms with Crippen LogP contribution in [-0.2, 0) is 9.53 Å². The second-order valence-corrected chi connectivity index (χ2v) is 8.74. The molecule has 0 N–H and O–H groups in total. The first kappa shape index (κ1) is 12.0. The molecule has 0 bridgehead atoms. The topological polar surface area (TPSA) is 26.3 Å². The van der Waals surface area contributed by atoms with Gasteiger partial charge in [-0.3, -0.25) is 0 Å². The van der Waals surface area contributed by atoms with E-state index in [-0.39, 0.29) is 21.1 Å². The van der Waals surface area contributed by atoms with Crippen LogP contribution in [0.5, 0.6) is 0 Å². The Morgan fingerprint density at radius 1 is 1.19 bits per heavy atom. The first-order chi connectivity index (χ1) is 7.13. The summed E-state index contributed by atoms with van der Waals surface area (Å²) in [5, 5.41) is 0. The van der Waals surface area contributed by atoms with Crippen LogP contribution in [0, 0.1) is 0 Å². The molecule has 1 spiro atoms. The lowest BCUT2D eigenvalue weighted by Gasteiger charge is -2.48. The molecule has 2 saturated heterocycles. The van der Waals surface area contributed by atoms with E-state index in [0.717, 1.165) is 12.8 Å². The van der Waals surface area contributed by atoms with Crippen molar-refractivity contribution in [1.82, 2.24) is 0 Å².